The van der Waals surface area contributed by atoms with Crippen LogP contribution in [0.4, 0.5) is 4.39 Å². The van der Waals surface area contributed by atoms with Crippen molar-refractivity contribution in [2.24, 2.45) is 5.92 Å². The third-order valence-corrected chi connectivity index (χ3v) is 3.96. The Hall–Kier alpha value is -0.640. The number of benzene rings is 1. The lowest BCUT2D eigenvalue weighted by Gasteiger charge is -2.20. The number of hydrogen-bond acceptors (Lipinski definition) is 2. The fourth-order valence-electron chi connectivity index (χ4n) is 2.52. The first-order valence-corrected chi connectivity index (χ1v) is 6.92. The van der Waals surface area contributed by atoms with E-state index in [-0.39, 0.29) is 11.9 Å². The Labute approximate surface area is 111 Å². The molecule has 1 heterocycles. The number of halogens is 2. The van der Waals surface area contributed by atoms with Crippen molar-refractivity contribution in [2.45, 2.75) is 31.4 Å². The molecule has 2 unspecified atom stereocenters. The lowest BCUT2D eigenvalue weighted by atomic mass is 9.95. The highest BCUT2D eigenvalue weighted by atomic mass is 35.5. The van der Waals surface area contributed by atoms with Gasteiger partial charge in [-0.3, -0.25) is 0 Å². The van der Waals surface area contributed by atoms with E-state index < -0.39 is 0 Å². The molecule has 1 saturated heterocycles. The third-order valence-electron chi connectivity index (χ3n) is 3.73. The lowest BCUT2D eigenvalue weighted by molar-refractivity contribution is 0.0874. The van der Waals surface area contributed by atoms with Gasteiger partial charge in [0, 0.05) is 35.7 Å². The highest BCUT2D eigenvalue weighted by molar-refractivity contribution is 6.30. The Morgan fingerprint density at radius 3 is 2.89 bits per heavy atom. The van der Waals surface area contributed by atoms with Gasteiger partial charge in [0.15, 0.2) is 0 Å². The smallest absolute Gasteiger partial charge is 0.130 e. The zero-order valence-electron chi connectivity index (χ0n) is 10.2. The van der Waals surface area contributed by atoms with Gasteiger partial charge in [0.2, 0.25) is 0 Å². The molecule has 2 fully saturated rings. The summed E-state index contributed by atoms with van der Waals surface area (Å²) in [6.07, 6.45) is 3.40. The van der Waals surface area contributed by atoms with E-state index in [9.17, 15) is 4.39 Å². The zero-order valence-corrected chi connectivity index (χ0v) is 10.9. The second-order valence-electron chi connectivity index (χ2n) is 5.19. The average molecular weight is 270 g/mol. The molecule has 1 aromatic carbocycles. The highest BCUT2D eigenvalue weighted by Gasteiger charge is 2.33. The summed E-state index contributed by atoms with van der Waals surface area (Å²) in [4.78, 5) is 0. The molecule has 4 heteroatoms. The van der Waals surface area contributed by atoms with E-state index in [1.54, 1.807) is 12.1 Å². The van der Waals surface area contributed by atoms with Crippen molar-refractivity contribution < 1.29 is 9.13 Å². The minimum atomic E-state index is -0.258. The van der Waals surface area contributed by atoms with Crippen LogP contribution in [0, 0.1) is 11.7 Å². The topological polar surface area (TPSA) is 21.3 Å². The SMILES string of the molecule is Fc1cc(Cl)ccc1C1OCCC1CNC1CC1. The molecule has 1 saturated carbocycles. The molecule has 0 radical (unpaired) electrons. The maximum atomic E-state index is 13.9. The highest BCUT2D eigenvalue weighted by Crippen LogP contribution is 2.36. The van der Waals surface area contributed by atoms with Crippen LogP contribution in [0.3, 0.4) is 0 Å². The fraction of sp³-hybridized carbons (Fsp3) is 0.571. The van der Waals surface area contributed by atoms with E-state index in [0.29, 0.717) is 29.2 Å². The second-order valence-corrected chi connectivity index (χ2v) is 5.62. The second kappa shape index (κ2) is 5.16. The minimum Gasteiger partial charge on any atom is -0.373 e. The van der Waals surface area contributed by atoms with Crippen molar-refractivity contribution in [3.63, 3.8) is 0 Å². The minimum absolute atomic E-state index is 0.131. The van der Waals surface area contributed by atoms with Crippen molar-refractivity contribution in [3.05, 3.63) is 34.6 Å². The quantitative estimate of drug-likeness (QED) is 0.906. The van der Waals surface area contributed by atoms with Crippen LogP contribution >= 0.6 is 11.6 Å². The normalized spacial score (nSPS) is 27.7. The molecule has 1 N–H and O–H groups in total. The Bertz CT molecular complexity index is 436. The Balaban J connectivity index is 1.72. The maximum Gasteiger partial charge on any atom is 0.130 e. The summed E-state index contributed by atoms with van der Waals surface area (Å²) in [5.41, 5.74) is 0.638. The summed E-state index contributed by atoms with van der Waals surface area (Å²) < 4.78 is 19.6. The van der Waals surface area contributed by atoms with Crippen LogP contribution in [-0.2, 0) is 4.74 Å². The van der Waals surface area contributed by atoms with Crippen LogP contribution < -0.4 is 5.32 Å². The molecule has 0 spiro atoms. The number of hydrogen-bond donors (Lipinski definition) is 1. The molecule has 2 nitrogen and oxygen atoms in total. The van der Waals surface area contributed by atoms with Crippen molar-refractivity contribution in [1.82, 2.24) is 5.32 Å². The van der Waals surface area contributed by atoms with Crippen LogP contribution in [0.5, 0.6) is 0 Å². The number of rotatable bonds is 4. The monoisotopic (exact) mass is 269 g/mol. The summed E-state index contributed by atoms with van der Waals surface area (Å²) in [5, 5.41) is 3.93. The average Bonchev–Trinajstić information content (AvgIpc) is 3.06. The Morgan fingerprint density at radius 2 is 2.17 bits per heavy atom. The molecule has 0 amide bonds. The largest absolute Gasteiger partial charge is 0.373 e. The number of ether oxygens (including phenoxy) is 1. The van der Waals surface area contributed by atoms with Crippen LogP contribution in [0.1, 0.15) is 30.9 Å². The van der Waals surface area contributed by atoms with Crippen LogP contribution in [0.2, 0.25) is 5.02 Å². The molecule has 2 atom stereocenters. The molecular weight excluding hydrogens is 253 g/mol. The van der Waals surface area contributed by atoms with Gasteiger partial charge in [-0.25, -0.2) is 4.39 Å². The van der Waals surface area contributed by atoms with Crippen molar-refractivity contribution in [2.75, 3.05) is 13.2 Å². The predicted molar refractivity (Wildman–Crippen MR) is 69.2 cm³/mol. The van der Waals surface area contributed by atoms with E-state index in [2.05, 4.69) is 5.32 Å². The molecule has 0 bridgehead atoms. The van der Waals surface area contributed by atoms with Crippen molar-refractivity contribution in [1.29, 1.82) is 0 Å². The Kier molecular flexibility index (Phi) is 3.55. The van der Waals surface area contributed by atoms with E-state index in [0.717, 1.165) is 13.0 Å². The first-order chi connectivity index (χ1) is 8.74. The van der Waals surface area contributed by atoms with E-state index in [1.807, 2.05) is 0 Å². The van der Waals surface area contributed by atoms with Crippen molar-refractivity contribution in [3.8, 4) is 0 Å². The summed E-state index contributed by atoms with van der Waals surface area (Å²) in [5.74, 6) is 0.104. The van der Waals surface area contributed by atoms with Gasteiger partial charge in [-0.2, -0.15) is 0 Å². The lowest BCUT2D eigenvalue weighted by Crippen LogP contribution is -2.26. The Morgan fingerprint density at radius 1 is 1.33 bits per heavy atom. The van der Waals surface area contributed by atoms with Gasteiger partial charge in [0.05, 0.1) is 6.10 Å². The molecule has 98 valence electrons. The third kappa shape index (κ3) is 2.68. The molecule has 1 aliphatic carbocycles. The summed E-state index contributed by atoms with van der Waals surface area (Å²) in [7, 11) is 0. The van der Waals surface area contributed by atoms with E-state index in [1.165, 1.54) is 18.9 Å². The molecule has 1 aliphatic heterocycles. The van der Waals surface area contributed by atoms with E-state index in [4.69, 9.17) is 16.3 Å². The molecule has 1 aromatic rings. The summed E-state index contributed by atoms with van der Waals surface area (Å²) >= 11 is 5.78. The van der Waals surface area contributed by atoms with Gasteiger partial charge in [0.25, 0.3) is 0 Å². The van der Waals surface area contributed by atoms with Gasteiger partial charge < -0.3 is 10.1 Å². The van der Waals surface area contributed by atoms with Gasteiger partial charge in [0.1, 0.15) is 5.82 Å². The van der Waals surface area contributed by atoms with Crippen LogP contribution in [0.25, 0.3) is 0 Å². The number of nitrogens with one attached hydrogen (secondary N) is 1. The predicted octanol–water partition coefficient (Wildman–Crippen LogP) is 3.31. The van der Waals surface area contributed by atoms with Gasteiger partial charge >= 0.3 is 0 Å². The molecule has 3 rings (SSSR count). The van der Waals surface area contributed by atoms with E-state index >= 15 is 0 Å². The fourth-order valence-corrected chi connectivity index (χ4v) is 2.68. The molecule has 18 heavy (non-hydrogen) atoms. The zero-order chi connectivity index (χ0) is 12.5. The standard InChI is InChI=1S/C14H17ClFNO/c15-10-1-4-12(13(16)7-10)14-9(5-6-18-14)8-17-11-2-3-11/h1,4,7,9,11,14,17H,2-3,5-6,8H2. The molecular formula is C14H17ClFNO. The molecule has 0 aromatic heterocycles. The van der Waals surface area contributed by atoms with Gasteiger partial charge in [-0.1, -0.05) is 17.7 Å². The summed E-state index contributed by atoms with van der Waals surface area (Å²) in [6.45, 7) is 1.63. The first kappa shape index (κ1) is 12.4. The first-order valence-electron chi connectivity index (χ1n) is 6.54. The summed E-state index contributed by atoms with van der Waals surface area (Å²) in [6, 6.07) is 5.52. The van der Waals surface area contributed by atoms with Crippen LogP contribution in [-0.4, -0.2) is 19.2 Å². The van der Waals surface area contributed by atoms with Gasteiger partial charge in [-0.15, -0.1) is 0 Å². The van der Waals surface area contributed by atoms with Crippen LogP contribution in [0.15, 0.2) is 18.2 Å². The van der Waals surface area contributed by atoms with Crippen molar-refractivity contribution >= 4 is 11.6 Å². The molecule has 2 aliphatic rings. The maximum absolute atomic E-state index is 13.9. The van der Waals surface area contributed by atoms with Gasteiger partial charge in [-0.05, 0) is 31.4 Å².